The molecule has 4 aromatic heterocycles. The summed E-state index contributed by atoms with van der Waals surface area (Å²) in [6, 6.07) is 17.1. The number of aromatic nitrogens is 7. The number of rotatable bonds is 5. The van der Waals surface area contributed by atoms with Crippen LogP contribution in [-0.2, 0) is 6.54 Å². The second kappa shape index (κ2) is 7.24. The molecule has 0 aliphatic carbocycles. The highest BCUT2D eigenvalue weighted by Crippen LogP contribution is 2.22. The summed E-state index contributed by atoms with van der Waals surface area (Å²) in [5.41, 5.74) is 2.44. The molecule has 0 aliphatic heterocycles. The molecule has 0 saturated carbocycles. The Labute approximate surface area is 168 Å². The maximum Gasteiger partial charge on any atom is 0.273 e. The molecule has 142 valence electrons. The van der Waals surface area contributed by atoms with Crippen molar-refractivity contribution in [3.8, 4) is 16.3 Å². The molecule has 0 spiro atoms. The Morgan fingerprint density at radius 3 is 2.72 bits per heavy atom. The summed E-state index contributed by atoms with van der Waals surface area (Å²) < 4.78 is 1.64. The van der Waals surface area contributed by atoms with Crippen LogP contribution in [0.5, 0.6) is 0 Å². The molecule has 1 amide bonds. The highest BCUT2D eigenvalue weighted by atomic mass is 32.1. The maximum atomic E-state index is 12.5. The van der Waals surface area contributed by atoms with Gasteiger partial charge in [0.15, 0.2) is 17.2 Å². The second-order valence-electron chi connectivity index (χ2n) is 6.12. The van der Waals surface area contributed by atoms with Gasteiger partial charge in [0.1, 0.15) is 5.69 Å². The van der Waals surface area contributed by atoms with E-state index in [1.54, 1.807) is 15.9 Å². The lowest BCUT2D eigenvalue weighted by molar-refractivity contribution is 0.0944. The van der Waals surface area contributed by atoms with Gasteiger partial charge in [0.2, 0.25) is 0 Å². The molecule has 0 bridgehead atoms. The van der Waals surface area contributed by atoms with Gasteiger partial charge in [-0.25, -0.2) is 0 Å². The average molecular weight is 402 g/mol. The van der Waals surface area contributed by atoms with Gasteiger partial charge in [-0.2, -0.15) is 19.5 Å². The number of carbonyl (C=O) groups is 1. The third-order valence-corrected chi connectivity index (χ3v) is 5.11. The zero-order valence-electron chi connectivity index (χ0n) is 15.0. The van der Waals surface area contributed by atoms with Crippen molar-refractivity contribution in [1.82, 2.24) is 40.1 Å². The number of carbonyl (C=O) groups excluding carboxylic acids is 1. The first-order chi connectivity index (χ1) is 14.3. The SMILES string of the molecule is O=C(NCc1nnc2ccc(-c3cccs3)nn12)c1cnn(-c2ccccc2)n1. The summed E-state index contributed by atoms with van der Waals surface area (Å²) >= 11 is 1.61. The van der Waals surface area contributed by atoms with E-state index in [1.807, 2.05) is 60.0 Å². The molecule has 29 heavy (non-hydrogen) atoms. The van der Waals surface area contributed by atoms with E-state index >= 15 is 0 Å². The van der Waals surface area contributed by atoms with Gasteiger partial charge in [-0.05, 0) is 35.7 Å². The molecule has 0 unspecified atom stereocenters. The van der Waals surface area contributed by atoms with Crippen LogP contribution in [0.25, 0.3) is 21.9 Å². The maximum absolute atomic E-state index is 12.5. The van der Waals surface area contributed by atoms with Crippen molar-refractivity contribution >= 4 is 22.9 Å². The van der Waals surface area contributed by atoms with Crippen LogP contribution in [0.1, 0.15) is 16.3 Å². The van der Waals surface area contributed by atoms with E-state index in [1.165, 1.54) is 11.0 Å². The first kappa shape index (κ1) is 17.2. The van der Waals surface area contributed by atoms with Crippen molar-refractivity contribution in [3.63, 3.8) is 0 Å². The van der Waals surface area contributed by atoms with Crippen molar-refractivity contribution in [3.05, 3.63) is 77.7 Å². The van der Waals surface area contributed by atoms with Crippen LogP contribution in [0.3, 0.4) is 0 Å². The standard InChI is InChI=1S/C19H14N8OS/c28-19(15-11-21-27(25-15)13-5-2-1-3-6-13)20-12-18-23-22-17-9-8-14(24-26(17)18)16-7-4-10-29-16/h1-11H,12H2,(H,20,28). The monoisotopic (exact) mass is 402 g/mol. The molecule has 0 fully saturated rings. The number of nitrogens with one attached hydrogen (secondary N) is 1. The minimum Gasteiger partial charge on any atom is -0.343 e. The van der Waals surface area contributed by atoms with Gasteiger partial charge < -0.3 is 5.32 Å². The Morgan fingerprint density at radius 2 is 1.90 bits per heavy atom. The van der Waals surface area contributed by atoms with Crippen molar-refractivity contribution in [1.29, 1.82) is 0 Å². The van der Waals surface area contributed by atoms with Gasteiger partial charge in [-0.1, -0.05) is 24.3 Å². The van der Waals surface area contributed by atoms with Crippen LogP contribution < -0.4 is 5.32 Å². The lowest BCUT2D eigenvalue weighted by atomic mass is 10.3. The topological polar surface area (TPSA) is 103 Å². The van der Waals surface area contributed by atoms with Gasteiger partial charge in [-0.15, -0.1) is 26.6 Å². The molecule has 1 N–H and O–H groups in total. The number of benzene rings is 1. The minimum absolute atomic E-state index is 0.166. The van der Waals surface area contributed by atoms with Gasteiger partial charge in [0.25, 0.3) is 5.91 Å². The van der Waals surface area contributed by atoms with Crippen molar-refractivity contribution < 1.29 is 4.79 Å². The van der Waals surface area contributed by atoms with E-state index in [-0.39, 0.29) is 18.1 Å². The van der Waals surface area contributed by atoms with Crippen LogP contribution in [0.2, 0.25) is 0 Å². The normalized spacial score (nSPS) is 11.0. The summed E-state index contributed by atoms with van der Waals surface area (Å²) in [5.74, 6) is 0.181. The van der Waals surface area contributed by atoms with Crippen LogP contribution in [0.4, 0.5) is 0 Å². The first-order valence-corrected chi connectivity index (χ1v) is 9.67. The number of fused-ring (bicyclic) bond motifs is 1. The Kier molecular flexibility index (Phi) is 4.30. The summed E-state index contributed by atoms with van der Waals surface area (Å²) in [7, 11) is 0. The fraction of sp³-hybridized carbons (Fsp3) is 0.0526. The first-order valence-electron chi connectivity index (χ1n) is 8.79. The highest BCUT2D eigenvalue weighted by Gasteiger charge is 2.14. The fourth-order valence-corrected chi connectivity index (χ4v) is 3.49. The smallest absolute Gasteiger partial charge is 0.273 e. The van der Waals surface area contributed by atoms with E-state index in [9.17, 15) is 4.79 Å². The fourth-order valence-electron chi connectivity index (χ4n) is 2.80. The summed E-state index contributed by atoms with van der Waals surface area (Å²) in [5, 5.41) is 26.0. The Hall–Kier alpha value is -3.92. The van der Waals surface area contributed by atoms with E-state index in [0.29, 0.717) is 11.5 Å². The number of amides is 1. The van der Waals surface area contributed by atoms with Gasteiger partial charge in [0.05, 0.1) is 23.3 Å². The van der Waals surface area contributed by atoms with Crippen molar-refractivity contribution in [2.45, 2.75) is 6.54 Å². The predicted octanol–water partition coefficient (Wildman–Crippen LogP) is 2.36. The van der Waals surface area contributed by atoms with E-state index in [2.05, 4.69) is 30.8 Å². The lowest BCUT2D eigenvalue weighted by Crippen LogP contribution is -2.25. The predicted molar refractivity (Wildman–Crippen MR) is 107 cm³/mol. The third kappa shape index (κ3) is 3.36. The molecule has 4 heterocycles. The molecular formula is C19H14N8OS. The molecule has 0 aliphatic rings. The summed E-state index contributed by atoms with van der Waals surface area (Å²) in [4.78, 5) is 14.9. The third-order valence-electron chi connectivity index (χ3n) is 4.22. The Bertz CT molecular complexity index is 1280. The van der Waals surface area contributed by atoms with Crippen LogP contribution in [-0.4, -0.2) is 40.7 Å². The molecule has 0 radical (unpaired) electrons. The number of nitrogens with zero attached hydrogens (tertiary/aromatic N) is 7. The van der Waals surface area contributed by atoms with E-state index in [0.717, 1.165) is 16.3 Å². The van der Waals surface area contributed by atoms with Gasteiger partial charge in [0, 0.05) is 0 Å². The highest BCUT2D eigenvalue weighted by molar-refractivity contribution is 7.13. The quantitative estimate of drug-likeness (QED) is 0.484. The largest absolute Gasteiger partial charge is 0.343 e. The molecule has 5 rings (SSSR count). The molecule has 1 aromatic carbocycles. The minimum atomic E-state index is -0.349. The van der Waals surface area contributed by atoms with Crippen LogP contribution in [0, 0.1) is 0 Å². The number of thiophene rings is 1. The van der Waals surface area contributed by atoms with E-state index in [4.69, 9.17) is 0 Å². The molecule has 9 nitrogen and oxygen atoms in total. The average Bonchev–Trinajstić information content (AvgIpc) is 3.53. The number of hydrogen-bond acceptors (Lipinski definition) is 7. The lowest BCUT2D eigenvalue weighted by Gasteiger charge is -2.03. The van der Waals surface area contributed by atoms with Crippen molar-refractivity contribution in [2.75, 3.05) is 0 Å². The zero-order chi connectivity index (χ0) is 19.6. The molecule has 0 atom stereocenters. The van der Waals surface area contributed by atoms with Crippen LogP contribution in [0.15, 0.2) is 66.2 Å². The Balaban J connectivity index is 1.33. The molecule has 5 aromatic rings. The van der Waals surface area contributed by atoms with E-state index < -0.39 is 0 Å². The Morgan fingerprint density at radius 1 is 1.00 bits per heavy atom. The van der Waals surface area contributed by atoms with Gasteiger partial charge in [-0.3, -0.25) is 4.79 Å². The molecule has 0 saturated heterocycles. The number of para-hydroxylation sites is 1. The van der Waals surface area contributed by atoms with Crippen LogP contribution >= 0.6 is 11.3 Å². The second-order valence-corrected chi connectivity index (χ2v) is 7.07. The molecular weight excluding hydrogens is 388 g/mol. The van der Waals surface area contributed by atoms with Crippen molar-refractivity contribution in [2.24, 2.45) is 0 Å². The summed E-state index contributed by atoms with van der Waals surface area (Å²) in [6.45, 7) is 0.166. The number of hydrogen-bond donors (Lipinski definition) is 1. The molecule has 10 heteroatoms. The summed E-state index contributed by atoms with van der Waals surface area (Å²) in [6.07, 6.45) is 1.43. The van der Waals surface area contributed by atoms with Gasteiger partial charge >= 0.3 is 0 Å². The zero-order valence-corrected chi connectivity index (χ0v) is 15.8.